The molecule has 0 N–H and O–H groups in total. The van der Waals surface area contributed by atoms with Crippen molar-refractivity contribution in [1.82, 2.24) is 4.90 Å². The number of carboxylic acid groups (broad SMARTS) is 1. The normalized spacial score (nSPS) is 14.9. The van der Waals surface area contributed by atoms with Crippen LogP contribution in [0.5, 0.6) is 5.75 Å². The second kappa shape index (κ2) is 8.99. The number of imide groups is 1. The molecule has 1 saturated heterocycles. The Balaban J connectivity index is 1.81. The molecule has 3 rings (SSSR count). The van der Waals surface area contributed by atoms with Crippen LogP contribution in [0.3, 0.4) is 0 Å². The van der Waals surface area contributed by atoms with Gasteiger partial charge in [-0.25, -0.2) is 0 Å². The van der Waals surface area contributed by atoms with E-state index in [2.05, 4.69) is 21.9 Å². The molecule has 0 aromatic heterocycles. The smallest absolute Gasteiger partial charge is 0.294 e. The van der Waals surface area contributed by atoms with Crippen LogP contribution in [0.2, 0.25) is 0 Å². The molecule has 0 spiro atoms. The highest BCUT2D eigenvalue weighted by atomic mass is 79.9. The van der Waals surface area contributed by atoms with Crippen molar-refractivity contribution in [2.45, 2.75) is 6.61 Å². The first-order valence-corrected chi connectivity index (χ1v) is 9.91. The van der Waals surface area contributed by atoms with Gasteiger partial charge in [-0.15, -0.1) is 6.42 Å². The van der Waals surface area contributed by atoms with Crippen LogP contribution in [-0.2, 0) is 11.4 Å². The second-order valence-corrected chi connectivity index (χ2v) is 7.84. The van der Waals surface area contributed by atoms with Gasteiger partial charge in [-0.05, 0) is 47.2 Å². The predicted octanol–water partition coefficient (Wildman–Crippen LogP) is 3.06. The first-order chi connectivity index (χ1) is 13.9. The van der Waals surface area contributed by atoms with Gasteiger partial charge >= 0.3 is 0 Å². The van der Waals surface area contributed by atoms with E-state index in [1.54, 1.807) is 36.4 Å². The summed E-state index contributed by atoms with van der Waals surface area (Å²) in [5.41, 5.74) is 1.45. The number of nitrogens with zero attached hydrogens (tertiary/aromatic N) is 1. The second-order valence-electron chi connectivity index (χ2n) is 5.93. The Morgan fingerprint density at radius 2 is 1.97 bits per heavy atom. The van der Waals surface area contributed by atoms with Crippen LogP contribution >= 0.6 is 27.7 Å². The standard InChI is InChI=1S/C21H14BrNO5S/c1-2-9-23-19(24)18(29-21(23)27)11-15-10-16(22)7-8-17(15)28-12-13-3-5-14(6-4-13)20(25)26/h1,3-8,10-11H,9,12H2,(H,25,26)/p-1/b18-11-. The van der Waals surface area contributed by atoms with Crippen LogP contribution in [0.25, 0.3) is 6.08 Å². The van der Waals surface area contributed by atoms with Gasteiger partial charge in [0, 0.05) is 10.0 Å². The highest BCUT2D eigenvalue weighted by Crippen LogP contribution is 2.34. The maximum atomic E-state index is 12.4. The summed E-state index contributed by atoms with van der Waals surface area (Å²) in [6.45, 7) is 0.111. The number of rotatable bonds is 6. The number of halogens is 1. The fourth-order valence-electron chi connectivity index (χ4n) is 2.53. The third kappa shape index (κ3) is 4.88. The molecule has 8 heteroatoms. The molecule has 146 valence electrons. The molecule has 0 atom stereocenters. The van der Waals surface area contributed by atoms with Gasteiger partial charge in [-0.1, -0.05) is 46.1 Å². The summed E-state index contributed by atoms with van der Waals surface area (Å²) in [6, 6.07) is 11.4. The van der Waals surface area contributed by atoms with Crippen molar-refractivity contribution in [2.75, 3.05) is 6.54 Å². The van der Waals surface area contributed by atoms with Gasteiger partial charge in [0.2, 0.25) is 0 Å². The lowest BCUT2D eigenvalue weighted by Crippen LogP contribution is -2.28. The minimum atomic E-state index is -1.24. The number of ether oxygens (including phenoxy) is 1. The van der Waals surface area contributed by atoms with Gasteiger partial charge in [0.1, 0.15) is 12.4 Å². The molecule has 0 saturated carbocycles. The molecule has 2 aromatic rings. The fraction of sp³-hybridized carbons (Fsp3) is 0.0952. The summed E-state index contributed by atoms with van der Waals surface area (Å²) in [5.74, 6) is 1.11. The fourth-order valence-corrected chi connectivity index (χ4v) is 3.74. The molecule has 2 aromatic carbocycles. The van der Waals surface area contributed by atoms with Gasteiger partial charge in [0.25, 0.3) is 11.1 Å². The molecule has 0 unspecified atom stereocenters. The quantitative estimate of drug-likeness (QED) is 0.476. The number of hydrogen-bond acceptors (Lipinski definition) is 6. The lowest BCUT2D eigenvalue weighted by Gasteiger charge is -2.11. The van der Waals surface area contributed by atoms with Gasteiger partial charge < -0.3 is 14.6 Å². The zero-order valence-corrected chi connectivity index (χ0v) is 17.3. The van der Waals surface area contributed by atoms with Crippen molar-refractivity contribution in [1.29, 1.82) is 0 Å². The molecular weight excluding hydrogens is 458 g/mol. The maximum Gasteiger partial charge on any atom is 0.294 e. The van der Waals surface area contributed by atoms with E-state index < -0.39 is 17.1 Å². The van der Waals surface area contributed by atoms with E-state index in [4.69, 9.17) is 11.2 Å². The van der Waals surface area contributed by atoms with Crippen LogP contribution in [0.15, 0.2) is 51.8 Å². The Bertz CT molecular complexity index is 1060. The molecular formula is C21H13BrNO5S-. The average molecular weight is 471 g/mol. The number of carbonyl (C=O) groups is 3. The predicted molar refractivity (Wildman–Crippen MR) is 111 cm³/mol. The number of carboxylic acids is 1. The van der Waals surface area contributed by atoms with Crippen molar-refractivity contribution in [3.05, 3.63) is 68.5 Å². The summed E-state index contributed by atoms with van der Waals surface area (Å²) in [7, 11) is 0. The van der Waals surface area contributed by atoms with E-state index in [1.807, 2.05) is 0 Å². The minimum absolute atomic E-state index is 0.0777. The van der Waals surface area contributed by atoms with E-state index >= 15 is 0 Å². The Labute approximate surface area is 179 Å². The summed E-state index contributed by atoms with van der Waals surface area (Å²) in [4.78, 5) is 36.4. The van der Waals surface area contributed by atoms with Crippen molar-refractivity contribution in [3.63, 3.8) is 0 Å². The average Bonchev–Trinajstić information content (AvgIpc) is 2.95. The van der Waals surface area contributed by atoms with Crippen LogP contribution in [0, 0.1) is 12.3 Å². The molecule has 0 bridgehead atoms. The molecule has 0 aliphatic carbocycles. The summed E-state index contributed by atoms with van der Waals surface area (Å²) >= 11 is 4.21. The third-order valence-corrected chi connectivity index (χ3v) is 5.37. The highest BCUT2D eigenvalue weighted by Gasteiger charge is 2.34. The van der Waals surface area contributed by atoms with E-state index in [0.717, 1.165) is 26.7 Å². The molecule has 1 heterocycles. The molecule has 2 amide bonds. The third-order valence-electron chi connectivity index (χ3n) is 3.97. The van der Waals surface area contributed by atoms with Crippen molar-refractivity contribution in [3.8, 4) is 18.1 Å². The van der Waals surface area contributed by atoms with Gasteiger partial charge in [-0.3, -0.25) is 14.5 Å². The molecule has 0 radical (unpaired) electrons. The van der Waals surface area contributed by atoms with Crippen LogP contribution in [0.1, 0.15) is 21.5 Å². The summed E-state index contributed by atoms with van der Waals surface area (Å²) in [6.07, 6.45) is 6.79. The van der Waals surface area contributed by atoms with Crippen molar-refractivity contribution < 1.29 is 24.2 Å². The number of aromatic carboxylic acids is 1. The van der Waals surface area contributed by atoms with E-state index in [1.165, 1.54) is 12.1 Å². The molecule has 1 fully saturated rings. The van der Waals surface area contributed by atoms with Gasteiger partial charge in [0.05, 0.1) is 17.4 Å². The van der Waals surface area contributed by atoms with Gasteiger partial charge in [0.15, 0.2) is 0 Å². The lowest BCUT2D eigenvalue weighted by molar-refractivity contribution is -0.255. The Morgan fingerprint density at radius 3 is 2.62 bits per heavy atom. The minimum Gasteiger partial charge on any atom is -0.545 e. The summed E-state index contributed by atoms with van der Waals surface area (Å²) < 4.78 is 6.62. The van der Waals surface area contributed by atoms with Crippen molar-refractivity contribution in [2.24, 2.45) is 0 Å². The maximum absolute atomic E-state index is 12.4. The SMILES string of the molecule is C#CCN1C(=O)S/C(=C\c2cc(Br)ccc2OCc2ccc(C(=O)[O-])cc2)C1=O. The Kier molecular flexibility index (Phi) is 6.42. The molecule has 6 nitrogen and oxygen atoms in total. The number of terminal acetylenes is 1. The lowest BCUT2D eigenvalue weighted by atomic mass is 10.1. The van der Waals surface area contributed by atoms with Crippen LogP contribution < -0.4 is 9.84 Å². The summed E-state index contributed by atoms with van der Waals surface area (Å²) in [5, 5.41) is 10.4. The number of hydrogen-bond donors (Lipinski definition) is 0. The zero-order valence-electron chi connectivity index (χ0n) is 14.9. The van der Waals surface area contributed by atoms with Crippen molar-refractivity contribution >= 4 is 50.9 Å². The van der Waals surface area contributed by atoms with Crippen LogP contribution in [0.4, 0.5) is 4.79 Å². The van der Waals surface area contributed by atoms with E-state index in [9.17, 15) is 19.5 Å². The van der Waals surface area contributed by atoms with E-state index in [0.29, 0.717) is 11.3 Å². The Morgan fingerprint density at radius 1 is 1.24 bits per heavy atom. The monoisotopic (exact) mass is 470 g/mol. The number of carbonyl (C=O) groups excluding carboxylic acids is 3. The molecule has 1 aliphatic rings. The largest absolute Gasteiger partial charge is 0.545 e. The highest BCUT2D eigenvalue weighted by molar-refractivity contribution is 9.10. The number of thioether (sulfide) groups is 1. The zero-order chi connectivity index (χ0) is 21.0. The van der Waals surface area contributed by atoms with E-state index in [-0.39, 0.29) is 23.6 Å². The topological polar surface area (TPSA) is 86.7 Å². The van der Waals surface area contributed by atoms with Crippen LogP contribution in [-0.4, -0.2) is 28.6 Å². The number of benzene rings is 2. The molecule has 1 aliphatic heterocycles. The first-order valence-electron chi connectivity index (χ1n) is 8.30. The Hall–Kier alpha value is -3.02. The van der Waals surface area contributed by atoms with Gasteiger partial charge in [-0.2, -0.15) is 0 Å². The molecule has 29 heavy (non-hydrogen) atoms. The number of amides is 2. The first kappa shape index (κ1) is 20.7.